The van der Waals surface area contributed by atoms with Gasteiger partial charge in [-0.2, -0.15) is 0 Å². The molecule has 1 N–H and O–H groups in total. The molecule has 0 amide bonds. The first-order valence-corrected chi connectivity index (χ1v) is 5.46. The molecule has 86 valence electrons. The topological polar surface area (TPSA) is 50.2 Å². The van der Waals surface area contributed by atoms with Crippen molar-refractivity contribution >= 4 is 6.29 Å². The molecule has 0 atom stereocenters. The highest BCUT2D eigenvalue weighted by Crippen LogP contribution is 2.17. The number of benzene rings is 1. The zero-order valence-electron chi connectivity index (χ0n) is 9.34. The normalized spacial score (nSPS) is 10.1. The summed E-state index contributed by atoms with van der Waals surface area (Å²) in [7, 11) is 0. The quantitative estimate of drug-likeness (QED) is 0.816. The Kier molecular flexibility index (Phi) is 3.50. The third kappa shape index (κ3) is 2.91. The van der Waals surface area contributed by atoms with Gasteiger partial charge >= 0.3 is 0 Å². The van der Waals surface area contributed by atoms with Crippen molar-refractivity contribution < 1.29 is 9.90 Å². The van der Waals surface area contributed by atoms with Gasteiger partial charge < -0.3 is 5.11 Å². The van der Waals surface area contributed by atoms with Gasteiger partial charge in [0.1, 0.15) is 5.75 Å². The summed E-state index contributed by atoms with van der Waals surface area (Å²) in [6, 6.07) is 10.9. The smallest absolute Gasteiger partial charge is 0.153 e. The summed E-state index contributed by atoms with van der Waals surface area (Å²) < 4.78 is 0. The van der Waals surface area contributed by atoms with Crippen molar-refractivity contribution in [2.24, 2.45) is 0 Å². The molecule has 1 aromatic carbocycles. The second-order valence-electron chi connectivity index (χ2n) is 3.83. The van der Waals surface area contributed by atoms with Gasteiger partial charge in [-0.1, -0.05) is 12.1 Å². The van der Waals surface area contributed by atoms with Crippen LogP contribution in [0.2, 0.25) is 0 Å². The van der Waals surface area contributed by atoms with Crippen molar-refractivity contribution in [1.82, 2.24) is 4.98 Å². The van der Waals surface area contributed by atoms with Crippen molar-refractivity contribution in [3.8, 4) is 5.75 Å². The first-order valence-electron chi connectivity index (χ1n) is 5.46. The van der Waals surface area contributed by atoms with Crippen molar-refractivity contribution in [2.75, 3.05) is 0 Å². The fourth-order valence-electron chi connectivity index (χ4n) is 1.66. The molecule has 0 aliphatic carbocycles. The van der Waals surface area contributed by atoms with Crippen molar-refractivity contribution in [3.63, 3.8) is 0 Å². The lowest BCUT2D eigenvalue weighted by Crippen LogP contribution is -1.94. The van der Waals surface area contributed by atoms with Gasteiger partial charge in [-0.15, -0.1) is 0 Å². The SMILES string of the molecule is O=Cc1ccc(CCc2ccccn2)cc1O. The standard InChI is InChI=1S/C14H13NO2/c16-10-12-6-4-11(9-14(12)17)5-7-13-3-1-2-8-15-13/h1-4,6,8-10,17H,5,7H2. The summed E-state index contributed by atoms with van der Waals surface area (Å²) in [5, 5.41) is 9.54. The molecule has 1 heterocycles. The lowest BCUT2D eigenvalue weighted by Gasteiger charge is -2.03. The first kappa shape index (κ1) is 11.3. The van der Waals surface area contributed by atoms with Gasteiger partial charge in [0.2, 0.25) is 0 Å². The average molecular weight is 227 g/mol. The van der Waals surface area contributed by atoms with E-state index in [0.29, 0.717) is 11.8 Å². The zero-order chi connectivity index (χ0) is 12.1. The summed E-state index contributed by atoms with van der Waals surface area (Å²) in [6.07, 6.45) is 4.03. The van der Waals surface area contributed by atoms with E-state index >= 15 is 0 Å². The Hall–Kier alpha value is -2.16. The van der Waals surface area contributed by atoms with Gasteiger partial charge in [0.05, 0.1) is 5.56 Å². The van der Waals surface area contributed by atoms with E-state index in [9.17, 15) is 9.90 Å². The Morgan fingerprint density at radius 1 is 1.18 bits per heavy atom. The summed E-state index contributed by atoms with van der Waals surface area (Å²) in [6.45, 7) is 0. The van der Waals surface area contributed by atoms with Crippen LogP contribution in [0.1, 0.15) is 21.6 Å². The number of aryl methyl sites for hydroxylation is 2. The highest BCUT2D eigenvalue weighted by molar-refractivity contribution is 5.79. The second kappa shape index (κ2) is 5.25. The molecule has 0 fully saturated rings. The molecule has 0 aliphatic heterocycles. The minimum absolute atomic E-state index is 0.0403. The molecule has 2 rings (SSSR count). The number of aldehydes is 1. The molecule has 0 unspecified atom stereocenters. The number of phenolic OH excluding ortho intramolecular Hbond substituents is 1. The highest BCUT2D eigenvalue weighted by Gasteiger charge is 2.02. The lowest BCUT2D eigenvalue weighted by atomic mass is 10.1. The Bertz CT molecular complexity index is 509. The number of aromatic nitrogens is 1. The summed E-state index contributed by atoms with van der Waals surface area (Å²) in [5.74, 6) is 0.0403. The van der Waals surface area contributed by atoms with E-state index in [1.807, 2.05) is 24.3 Å². The number of nitrogens with zero attached hydrogens (tertiary/aromatic N) is 1. The molecule has 17 heavy (non-hydrogen) atoms. The minimum atomic E-state index is 0.0403. The molecule has 2 aromatic rings. The molecule has 1 aromatic heterocycles. The number of phenols is 1. The minimum Gasteiger partial charge on any atom is -0.507 e. The third-order valence-electron chi connectivity index (χ3n) is 2.62. The van der Waals surface area contributed by atoms with Crippen LogP contribution in [0.4, 0.5) is 0 Å². The largest absolute Gasteiger partial charge is 0.507 e. The van der Waals surface area contributed by atoms with E-state index in [-0.39, 0.29) is 5.75 Å². The molecule has 0 bridgehead atoms. The van der Waals surface area contributed by atoms with E-state index in [4.69, 9.17) is 0 Å². The van der Waals surface area contributed by atoms with E-state index in [2.05, 4.69) is 4.98 Å². The second-order valence-corrected chi connectivity index (χ2v) is 3.83. The number of carbonyl (C=O) groups excluding carboxylic acids is 1. The van der Waals surface area contributed by atoms with Crippen LogP contribution in [0.15, 0.2) is 42.6 Å². The van der Waals surface area contributed by atoms with E-state index < -0.39 is 0 Å². The number of hydrogen-bond acceptors (Lipinski definition) is 3. The molecule has 3 heteroatoms. The van der Waals surface area contributed by atoms with Gasteiger partial charge in [0.15, 0.2) is 6.29 Å². The summed E-state index contributed by atoms with van der Waals surface area (Å²) >= 11 is 0. The third-order valence-corrected chi connectivity index (χ3v) is 2.62. The van der Waals surface area contributed by atoms with Crippen molar-refractivity contribution in [2.45, 2.75) is 12.8 Å². The molecular formula is C14H13NO2. The number of pyridine rings is 1. The maximum Gasteiger partial charge on any atom is 0.153 e. The van der Waals surface area contributed by atoms with Crippen molar-refractivity contribution in [3.05, 3.63) is 59.4 Å². The van der Waals surface area contributed by atoms with E-state index in [0.717, 1.165) is 24.1 Å². The van der Waals surface area contributed by atoms with Crippen LogP contribution >= 0.6 is 0 Å². The Morgan fingerprint density at radius 3 is 2.71 bits per heavy atom. The maximum absolute atomic E-state index is 10.5. The number of rotatable bonds is 4. The van der Waals surface area contributed by atoms with E-state index in [1.165, 1.54) is 0 Å². The summed E-state index contributed by atoms with van der Waals surface area (Å²) in [4.78, 5) is 14.8. The maximum atomic E-state index is 10.5. The molecule has 0 spiro atoms. The number of carbonyl (C=O) groups is 1. The summed E-state index contributed by atoms with van der Waals surface area (Å²) in [5.41, 5.74) is 2.34. The molecular weight excluding hydrogens is 214 g/mol. The van der Waals surface area contributed by atoms with Gasteiger partial charge in [0, 0.05) is 11.9 Å². The Labute approximate surface area is 99.8 Å². The average Bonchev–Trinajstić information content (AvgIpc) is 2.38. The van der Waals surface area contributed by atoms with Crippen LogP contribution in [0, 0.1) is 0 Å². The predicted molar refractivity (Wildman–Crippen MR) is 65.1 cm³/mol. The van der Waals surface area contributed by atoms with Crippen LogP contribution in [0.25, 0.3) is 0 Å². The van der Waals surface area contributed by atoms with Gasteiger partial charge in [-0.05, 0) is 42.7 Å². The molecule has 3 nitrogen and oxygen atoms in total. The van der Waals surface area contributed by atoms with Crippen LogP contribution in [-0.4, -0.2) is 16.4 Å². The molecule has 0 saturated carbocycles. The highest BCUT2D eigenvalue weighted by atomic mass is 16.3. The molecule has 0 radical (unpaired) electrons. The predicted octanol–water partition coefficient (Wildman–Crippen LogP) is 2.38. The van der Waals surface area contributed by atoms with Crippen LogP contribution in [0.5, 0.6) is 5.75 Å². The number of aromatic hydroxyl groups is 1. The first-order chi connectivity index (χ1) is 8.29. The zero-order valence-corrected chi connectivity index (χ0v) is 9.34. The van der Waals surface area contributed by atoms with E-state index in [1.54, 1.807) is 18.3 Å². The number of hydrogen-bond donors (Lipinski definition) is 1. The fourth-order valence-corrected chi connectivity index (χ4v) is 1.66. The fraction of sp³-hybridized carbons (Fsp3) is 0.143. The molecule has 0 aliphatic rings. The van der Waals surface area contributed by atoms with Crippen LogP contribution in [0.3, 0.4) is 0 Å². The van der Waals surface area contributed by atoms with Crippen LogP contribution < -0.4 is 0 Å². The lowest BCUT2D eigenvalue weighted by molar-refractivity contribution is 0.112. The monoisotopic (exact) mass is 227 g/mol. The Morgan fingerprint density at radius 2 is 2.06 bits per heavy atom. The van der Waals surface area contributed by atoms with Crippen LogP contribution in [-0.2, 0) is 12.8 Å². The van der Waals surface area contributed by atoms with Crippen molar-refractivity contribution in [1.29, 1.82) is 0 Å². The van der Waals surface area contributed by atoms with Gasteiger partial charge in [-0.3, -0.25) is 9.78 Å². The Balaban J connectivity index is 2.05. The van der Waals surface area contributed by atoms with Gasteiger partial charge in [0.25, 0.3) is 0 Å². The molecule has 0 saturated heterocycles. The van der Waals surface area contributed by atoms with Gasteiger partial charge in [-0.25, -0.2) is 0 Å².